The van der Waals surface area contributed by atoms with Gasteiger partial charge in [0.1, 0.15) is 16.9 Å². The van der Waals surface area contributed by atoms with Gasteiger partial charge in [0.05, 0.1) is 5.69 Å². The molecule has 0 saturated heterocycles. The van der Waals surface area contributed by atoms with Crippen molar-refractivity contribution in [2.75, 3.05) is 18.0 Å². The molecule has 0 N–H and O–H groups in total. The van der Waals surface area contributed by atoms with Crippen LogP contribution in [0.1, 0.15) is 45.6 Å². The van der Waals surface area contributed by atoms with Crippen molar-refractivity contribution in [2.24, 2.45) is 0 Å². The van der Waals surface area contributed by atoms with Crippen molar-refractivity contribution in [2.45, 2.75) is 54.0 Å². The van der Waals surface area contributed by atoms with Crippen LogP contribution in [0.3, 0.4) is 0 Å². The Balaban J connectivity index is 2.72. The summed E-state index contributed by atoms with van der Waals surface area (Å²) in [6.07, 6.45) is 1.98. The Morgan fingerprint density at radius 3 is 2.30 bits per heavy atom. The number of fused-ring (bicyclic) bond motifs is 1. The van der Waals surface area contributed by atoms with Crippen molar-refractivity contribution in [1.29, 1.82) is 0 Å². The molecule has 20 heavy (non-hydrogen) atoms. The fraction of sp³-hybridized carbons (Fsp3) is 0.667. The summed E-state index contributed by atoms with van der Waals surface area (Å²) in [6.45, 7) is 13.4. The lowest BCUT2D eigenvalue weighted by Gasteiger charge is -2.21. The van der Waals surface area contributed by atoms with Gasteiger partial charge in [-0.3, -0.25) is 4.68 Å². The molecule has 2 aromatic rings. The van der Waals surface area contributed by atoms with Crippen LogP contribution in [0.15, 0.2) is 0 Å². The maximum Gasteiger partial charge on any atom is 0.158 e. The van der Waals surface area contributed by atoms with Crippen molar-refractivity contribution in [3.8, 4) is 0 Å². The van der Waals surface area contributed by atoms with E-state index in [4.69, 9.17) is 9.97 Å². The Labute approximate surface area is 121 Å². The van der Waals surface area contributed by atoms with Crippen molar-refractivity contribution in [3.63, 3.8) is 0 Å². The van der Waals surface area contributed by atoms with Crippen LogP contribution in [0.5, 0.6) is 0 Å². The molecular weight excluding hydrogens is 250 g/mol. The largest absolute Gasteiger partial charge is 0.355 e. The molecule has 0 spiro atoms. The fourth-order valence-electron chi connectivity index (χ4n) is 2.56. The molecule has 0 aromatic carbocycles. The van der Waals surface area contributed by atoms with Gasteiger partial charge in [-0.15, -0.1) is 0 Å². The zero-order chi connectivity index (χ0) is 14.7. The number of aryl methyl sites for hydroxylation is 3. The third-order valence-corrected chi connectivity index (χ3v) is 3.62. The summed E-state index contributed by atoms with van der Waals surface area (Å²) in [6, 6.07) is 0. The van der Waals surface area contributed by atoms with E-state index in [2.05, 4.69) is 37.7 Å². The minimum absolute atomic E-state index is 0.842. The summed E-state index contributed by atoms with van der Waals surface area (Å²) < 4.78 is 2.02. The Morgan fingerprint density at radius 2 is 1.75 bits per heavy atom. The van der Waals surface area contributed by atoms with Crippen LogP contribution < -0.4 is 4.90 Å². The molecule has 110 valence electrons. The molecule has 0 aliphatic heterocycles. The van der Waals surface area contributed by atoms with E-state index in [1.54, 1.807) is 0 Å². The summed E-state index contributed by atoms with van der Waals surface area (Å²) in [7, 11) is 0. The molecule has 2 rings (SSSR count). The summed E-state index contributed by atoms with van der Waals surface area (Å²) in [5.41, 5.74) is 3.08. The molecule has 2 aromatic heterocycles. The van der Waals surface area contributed by atoms with Gasteiger partial charge in [-0.1, -0.05) is 6.92 Å². The molecule has 0 bridgehead atoms. The average Bonchev–Trinajstić information content (AvgIpc) is 2.77. The summed E-state index contributed by atoms with van der Waals surface area (Å²) >= 11 is 0. The number of aromatic nitrogens is 4. The Morgan fingerprint density at radius 1 is 1.05 bits per heavy atom. The number of anilines is 1. The van der Waals surface area contributed by atoms with Gasteiger partial charge in [-0.2, -0.15) is 5.10 Å². The van der Waals surface area contributed by atoms with E-state index in [1.807, 2.05) is 11.6 Å². The first-order valence-corrected chi connectivity index (χ1v) is 7.65. The second-order valence-corrected chi connectivity index (χ2v) is 4.98. The van der Waals surface area contributed by atoms with Crippen LogP contribution in [0, 0.1) is 6.92 Å². The van der Waals surface area contributed by atoms with Gasteiger partial charge in [0, 0.05) is 26.1 Å². The highest BCUT2D eigenvalue weighted by molar-refractivity contribution is 5.88. The van der Waals surface area contributed by atoms with Crippen LogP contribution in [0.4, 0.5) is 5.82 Å². The first-order valence-electron chi connectivity index (χ1n) is 7.65. The lowest BCUT2D eigenvalue weighted by atomic mass is 10.2. The Bertz CT molecular complexity index is 583. The zero-order valence-electron chi connectivity index (χ0n) is 13.3. The van der Waals surface area contributed by atoms with Crippen LogP contribution in [0.2, 0.25) is 0 Å². The lowest BCUT2D eigenvalue weighted by molar-refractivity contribution is 0.672. The van der Waals surface area contributed by atoms with E-state index >= 15 is 0 Å². The SMILES string of the molecule is CCCc1nc(N(CC)CC)c2c(n1)c(C)nn2CC. The second kappa shape index (κ2) is 6.20. The molecule has 0 amide bonds. The summed E-state index contributed by atoms with van der Waals surface area (Å²) in [5.74, 6) is 1.96. The van der Waals surface area contributed by atoms with Crippen molar-refractivity contribution >= 4 is 16.9 Å². The van der Waals surface area contributed by atoms with Gasteiger partial charge in [-0.05, 0) is 34.1 Å². The third-order valence-electron chi connectivity index (χ3n) is 3.62. The molecule has 0 unspecified atom stereocenters. The van der Waals surface area contributed by atoms with Crippen molar-refractivity contribution in [1.82, 2.24) is 19.7 Å². The predicted octanol–water partition coefficient (Wildman–Crippen LogP) is 2.95. The molecule has 0 radical (unpaired) electrons. The maximum absolute atomic E-state index is 4.81. The topological polar surface area (TPSA) is 46.8 Å². The smallest absolute Gasteiger partial charge is 0.158 e. The summed E-state index contributed by atoms with van der Waals surface area (Å²) in [5, 5.41) is 4.61. The molecule has 0 fully saturated rings. The molecule has 2 heterocycles. The normalized spacial score (nSPS) is 11.2. The molecular formula is C15H25N5. The van der Waals surface area contributed by atoms with E-state index in [-0.39, 0.29) is 0 Å². The number of nitrogens with zero attached hydrogens (tertiary/aromatic N) is 5. The van der Waals surface area contributed by atoms with E-state index in [1.165, 1.54) is 0 Å². The van der Waals surface area contributed by atoms with E-state index in [0.717, 1.165) is 60.8 Å². The molecule has 0 aliphatic carbocycles. The maximum atomic E-state index is 4.81. The summed E-state index contributed by atoms with van der Waals surface area (Å²) in [4.78, 5) is 11.8. The standard InChI is InChI=1S/C15H25N5/c1-6-10-12-16-13-11(5)18-20(9-4)14(13)15(17-12)19(7-2)8-3/h6-10H2,1-5H3. The predicted molar refractivity (Wildman–Crippen MR) is 83.3 cm³/mol. The van der Waals surface area contributed by atoms with Gasteiger partial charge in [0.25, 0.3) is 0 Å². The van der Waals surface area contributed by atoms with Gasteiger partial charge in [0.2, 0.25) is 0 Å². The Kier molecular flexibility index (Phi) is 4.57. The van der Waals surface area contributed by atoms with Gasteiger partial charge in [0.15, 0.2) is 5.82 Å². The quantitative estimate of drug-likeness (QED) is 0.813. The minimum atomic E-state index is 0.842. The van der Waals surface area contributed by atoms with Gasteiger partial charge < -0.3 is 4.90 Å². The molecule has 5 heteroatoms. The van der Waals surface area contributed by atoms with Crippen molar-refractivity contribution < 1.29 is 0 Å². The second-order valence-electron chi connectivity index (χ2n) is 4.98. The van der Waals surface area contributed by atoms with Gasteiger partial charge >= 0.3 is 0 Å². The van der Waals surface area contributed by atoms with Crippen LogP contribution in [-0.4, -0.2) is 32.8 Å². The monoisotopic (exact) mass is 275 g/mol. The zero-order valence-corrected chi connectivity index (χ0v) is 13.3. The molecule has 0 aliphatic rings. The fourth-order valence-corrected chi connectivity index (χ4v) is 2.56. The number of hydrogen-bond acceptors (Lipinski definition) is 4. The molecule has 5 nitrogen and oxygen atoms in total. The average molecular weight is 275 g/mol. The number of hydrogen-bond donors (Lipinski definition) is 0. The van der Waals surface area contributed by atoms with E-state index < -0.39 is 0 Å². The molecule has 0 atom stereocenters. The highest BCUT2D eigenvalue weighted by Gasteiger charge is 2.18. The van der Waals surface area contributed by atoms with Crippen LogP contribution in [-0.2, 0) is 13.0 Å². The highest BCUT2D eigenvalue weighted by Crippen LogP contribution is 2.26. The van der Waals surface area contributed by atoms with Crippen LogP contribution >= 0.6 is 0 Å². The van der Waals surface area contributed by atoms with E-state index in [0.29, 0.717) is 0 Å². The van der Waals surface area contributed by atoms with Gasteiger partial charge in [-0.25, -0.2) is 9.97 Å². The van der Waals surface area contributed by atoms with Crippen LogP contribution in [0.25, 0.3) is 11.0 Å². The van der Waals surface area contributed by atoms with E-state index in [9.17, 15) is 0 Å². The lowest BCUT2D eigenvalue weighted by Crippen LogP contribution is -2.24. The Hall–Kier alpha value is -1.65. The highest BCUT2D eigenvalue weighted by atomic mass is 15.3. The van der Waals surface area contributed by atoms with Crippen molar-refractivity contribution in [3.05, 3.63) is 11.5 Å². The third kappa shape index (κ3) is 2.49. The first-order chi connectivity index (χ1) is 9.65. The minimum Gasteiger partial charge on any atom is -0.355 e. The first kappa shape index (κ1) is 14.8. The number of rotatable bonds is 6. The molecule has 0 saturated carbocycles.